The average molecular weight is 332 g/mol. The Morgan fingerprint density at radius 1 is 1.08 bits per heavy atom. The maximum atomic E-state index is 5.74. The van der Waals surface area contributed by atoms with Gasteiger partial charge in [-0.05, 0) is 24.6 Å². The Bertz CT molecular complexity index is 951. The van der Waals surface area contributed by atoms with E-state index in [-0.39, 0.29) is 6.04 Å². The number of aryl methyl sites for hydroxylation is 1. The number of nitrogens with zero attached hydrogens (tertiary/aromatic N) is 4. The monoisotopic (exact) mass is 332 g/mol. The number of aromatic nitrogens is 4. The number of furan rings is 1. The fourth-order valence-corrected chi connectivity index (χ4v) is 3.32. The van der Waals surface area contributed by atoms with Gasteiger partial charge in [-0.25, -0.2) is 4.98 Å². The van der Waals surface area contributed by atoms with Gasteiger partial charge in [-0.1, -0.05) is 37.3 Å². The molecule has 5 heteroatoms. The maximum Gasteiger partial charge on any atom is 0.152 e. The molecular weight excluding hydrogens is 312 g/mol. The second kappa shape index (κ2) is 6.43. The van der Waals surface area contributed by atoms with Crippen molar-refractivity contribution >= 4 is 0 Å². The highest BCUT2D eigenvalue weighted by atomic mass is 16.3. The van der Waals surface area contributed by atoms with Crippen LogP contribution in [0.4, 0.5) is 0 Å². The molecule has 0 aliphatic carbocycles. The summed E-state index contributed by atoms with van der Waals surface area (Å²) in [6.07, 6.45) is 6.37. The van der Waals surface area contributed by atoms with E-state index in [1.807, 2.05) is 54.6 Å². The molecule has 0 saturated heterocycles. The molecule has 0 bridgehead atoms. The van der Waals surface area contributed by atoms with Crippen LogP contribution in [0.25, 0.3) is 22.7 Å². The first-order chi connectivity index (χ1) is 12.3. The van der Waals surface area contributed by atoms with Gasteiger partial charge in [0.25, 0.3) is 0 Å². The molecule has 0 N–H and O–H groups in total. The van der Waals surface area contributed by atoms with E-state index in [9.17, 15) is 0 Å². The van der Waals surface area contributed by atoms with Crippen LogP contribution in [-0.2, 0) is 7.05 Å². The molecule has 1 unspecified atom stereocenters. The molecule has 4 aromatic rings. The summed E-state index contributed by atoms with van der Waals surface area (Å²) in [7, 11) is 1.97. The van der Waals surface area contributed by atoms with Crippen LogP contribution in [0.3, 0.4) is 0 Å². The molecule has 126 valence electrons. The minimum atomic E-state index is 0.137. The normalized spacial score (nSPS) is 12.4. The highest BCUT2D eigenvalue weighted by molar-refractivity contribution is 5.76. The van der Waals surface area contributed by atoms with Crippen molar-refractivity contribution in [3.63, 3.8) is 0 Å². The molecule has 0 aliphatic heterocycles. The topological polar surface area (TPSA) is 48.8 Å². The Kier molecular flexibility index (Phi) is 3.98. The summed E-state index contributed by atoms with van der Waals surface area (Å²) in [5.41, 5.74) is 4.14. The molecule has 1 aromatic carbocycles. The van der Waals surface area contributed by atoms with Crippen molar-refractivity contribution in [1.29, 1.82) is 0 Å². The maximum absolute atomic E-state index is 5.74. The summed E-state index contributed by atoms with van der Waals surface area (Å²) in [6, 6.07) is 16.3. The molecule has 25 heavy (non-hydrogen) atoms. The first-order valence-electron chi connectivity index (χ1n) is 8.43. The minimum absolute atomic E-state index is 0.137. The van der Waals surface area contributed by atoms with Crippen molar-refractivity contribution in [1.82, 2.24) is 19.3 Å². The van der Waals surface area contributed by atoms with E-state index in [1.165, 1.54) is 0 Å². The lowest BCUT2D eigenvalue weighted by atomic mass is 10.1. The third kappa shape index (κ3) is 2.67. The van der Waals surface area contributed by atoms with Crippen molar-refractivity contribution in [2.75, 3.05) is 0 Å². The lowest BCUT2D eigenvalue weighted by molar-refractivity contribution is 0.510. The fraction of sp³-hybridized carbons (Fsp3) is 0.200. The van der Waals surface area contributed by atoms with Gasteiger partial charge in [-0.3, -0.25) is 4.68 Å². The van der Waals surface area contributed by atoms with E-state index in [0.717, 1.165) is 34.8 Å². The zero-order valence-corrected chi connectivity index (χ0v) is 14.3. The van der Waals surface area contributed by atoms with E-state index in [4.69, 9.17) is 9.40 Å². The van der Waals surface area contributed by atoms with Gasteiger partial charge in [-0.2, -0.15) is 5.10 Å². The molecule has 3 heterocycles. The number of rotatable bonds is 5. The Balaban J connectivity index is 1.92. The summed E-state index contributed by atoms with van der Waals surface area (Å²) in [5.74, 6) is 0.817. The summed E-state index contributed by atoms with van der Waals surface area (Å²) in [4.78, 5) is 4.72. The molecule has 0 fully saturated rings. The van der Waals surface area contributed by atoms with Gasteiger partial charge in [0.05, 0.1) is 30.0 Å². The lowest BCUT2D eigenvalue weighted by Crippen LogP contribution is -2.14. The van der Waals surface area contributed by atoms with E-state index in [0.29, 0.717) is 0 Å². The third-order valence-corrected chi connectivity index (χ3v) is 4.52. The first-order valence-corrected chi connectivity index (χ1v) is 8.43. The van der Waals surface area contributed by atoms with Crippen molar-refractivity contribution in [3.05, 3.63) is 73.0 Å². The van der Waals surface area contributed by atoms with Gasteiger partial charge in [0, 0.05) is 18.8 Å². The quantitative estimate of drug-likeness (QED) is 0.539. The summed E-state index contributed by atoms with van der Waals surface area (Å²) in [5, 5.41) is 4.33. The second-order valence-corrected chi connectivity index (χ2v) is 6.00. The Labute approximate surface area is 146 Å². The Hall–Kier alpha value is -3.08. The molecule has 0 amide bonds. The van der Waals surface area contributed by atoms with Gasteiger partial charge in [0.2, 0.25) is 0 Å². The summed E-state index contributed by atoms with van der Waals surface area (Å²) >= 11 is 0. The van der Waals surface area contributed by atoms with Crippen LogP contribution in [0, 0.1) is 0 Å². The third-order valence-electron chi connectivity index (χ3n) is 4.52. The van der Waals surface area contributed by atoms with E-state index in [1.54, 1.807) is 6.26 Å². The number of hydrogen-bond donors (Lipinski definition) is 0. The van der Waals surface area contributed by atoms with Gasteiger partial charge in [-0.15, -0.1) is 0 Å². The Morgan fingerprint density at radius 2 is 1.92 bits per heavy atom. The average Bonchev–Trinajstić information content (AvgIpc) is 3.38. The second-order valence-electron chi connectivity index (χ2n) is 6.00. The van der Waals surface area contributed by atoms with Crippen LogP contribution < -0.4 is 0 Å². The zero-order valence-electron chi connectivity index (χ0n) is 14.3. The fourth-order valence-electron chi connectivity index (χ4n) is 3.32. The van der Waals surface area contributed by atoms with Gasteiger partial charge in [0.1, 0.15) is 5.69 Å². The summed E-state index contributed by atoms with van der Waals surface area (Å²) < 4.78 is 9.85. The minimum Gasteiger partial charge on any atom is -0.463 e. The predicted molar refractivity (Wildman–Crippen MR) is 97.0 cm³/mol. The van der Waals surface area contributed by atoms with Crippen LogP contribution in [0.2, 0.25) is 0 Å². The largest absolute Gasteiger partial charge is 0.463 e. The van der Waals surface area contributed by atoms with Crippen LogP contribution in [0.5, 0.6) is 0 Å². The van der Waals surface area contributed by atoms with Crippen molar-refractivity contribution < 1.29 is 4.42 Å². The molecule has 1 atom stereocenters. The zero-order chi connectivity index (χ0) is 17.2. The highest BCUT2D eigenvalue weighted by Crippen LogP contribution is 2.35. The predicted octanol–water partition coefficient (Wildman–Crippen LogP) is 4.54. The van der Waals surface area contributed by atoms with E-state index in [2.05, 4.69) is 34.8 Å². The molecule has 0 spiro atoms. The van der Waals surface area contributed by atoms with E-state index >= 15 is 0 Å². The molecule has 0 aliphatic rings. The van der Waals surface area contributed by atoms with Crippen molar-refractivity contribution in [2.24, 2.45) is 7.05 Å². The van der Waals surface area contributed by atoms with Gasteiger partial charge in [0.15, 0.2) is 5.76 Å². The SMILES string of the molecule is CCC(c1ccnn1C)n1cnc(-c2ccccc2)c1-c1ccco1. The van der Waals surface area contributed by atoms with Crippen LogP contribution in [0.15, 0.2) is 71.7 Å². The van der Waals surface area contributed by atoms with Gasteiger partial charge < -0.3 is 8.98 Å². The molecule has 3 aromatic heterocycles. The Morgan fingerprint density at radius 3 is 2.56 bits per heavy atom. The number of hydrogen-bond acceptors (Lipinski definition) is 3. The van der Waals surface area contributed by atoms with Crippen molar-refractivity contribution in [3.8, 4) is 22.7 Å². The van der Waals surface area contributed by atoms with Gasteiger partial charge >= 0.3 is 0 Å². The van der Waals surface area contributed by atoms with Crippen LogP contribution >= 0.6 is 0 Å². The lowest BCUT2D eigenvalue weighted by Gasteiger charge is -2.19. The molecule has 4 rings (SSSR count). The molecule has 0 radical (unpaired) electrons. The first kappa shape index (κ1) is 15.4. The van der Waals surface area contributed by atoms with Crippen molar-refractivity contribution in [2.45, 2.75) is 19.4 Å². The van der Waals surface area contributed by atoms with Crippen LogP contribution in [0.1, 0.15) is 25.1 Å². The molecule has 5 nitrogen and oxygen atoms in total. The van der Waals surface area contributed by atoms with Crippen LogP contribution in [-0.4, -0.2) is 19.3 Å². The smallest absolute Gasteiger partial charge is 0.152 e. The summed E-state index contributed by atoms with van der Waals surface area (Å²) in [6.45, 7) is 2.17. The molecule has 0 saturated carbocycles. The number of imidazole rings is 1. The highest BCUT2D eigenvalue weighted by Gasteiger charge is 2.24. The molecular formula is C20H20N4O. The van der Waals surface area contributed by atoms with E-state index < -0.39 is 0 Å². The number of benzene rings is 1. The standard InChI is InChI=1S/C20H20N4O/c1-3-16(17-11-12-22-23(17)2)24-14-21-19(15-8-5-4-6-9-15)20(24)18-10-7-13-25-18/h4-14,16H,3H2,1-2H3.